The van der Waals surface area contributed by atoms with E-state index in [4.69, 9.17) is 12.2 Å². The Hall–Kier alpha value is -0.300. The van der Waals surface area contributed by atoms with Crippen LogP contribution in [0.2, 0.25) is 0 Å². The van der Waals surface area contributed by atoms with Crippen LogP contribution in [0.4, 0.5) is 0 Å². The van der Waals surface area contributed by atoms with Crippen LogP contribution in [0.5, 0.6) is 0 Å². The number of nitrogens with zero attached hydrogens (tertiary/aromatic N) is 2. The molecular formula is C12H14N2S4. The molecule has 0 fully saturated rings. The Labute approximate surface area is 125 Å². The van der Waals surface area contributed by atoms with E-state index in [2.05, 4.69) is 28.6 Å². The Kier molecular flexibility index (Phi) is 5.29. The van der Waals surface area contributed by atoms with Crippen molar-refractivity contribution in [2.45, 2.75) is 13.8 Å². The van der Waals surface area contributed by atoms with Crippen molar-refractivity contribution in [1.29, 1.82) is 0 Å². The van der Waals surface area contributed by atoms with Crippen molar-refractivity contribution in [3.63, 3.8) is 0 Å². The minimum Gasteiger partial charge on any atom is -0.245 e. The summed E-state index contributed by atoms with van der Waals surface area (Å²) in [5, 5.41) is 0.938. The number of thiocarbonyl (C=S) groups is 1. The van der Waals surface area contributed by atoms with Gasteiger partial charge < -0.3 is 0 Å². The molecule has 1 aromatic heterocycles. The molecule has 0 saturated heterocycles. The molecule has 1 heterocycles. The lowest BCUT2D eigenvalue weighted by molar-refractivity contribution is 1.14. The minimum atomic E-state index is 0.829. The summed E-state index contributed by atoms with van der Waals surface area (Å²) in [4.78, 5) is 5.44. The van der Waals surface area contributed by atoms with Crippen LogP contribution in [-0.4, -0.2) is 25.2 Å². The maximum absolute atomic E-state index is 5.55. The molecular weight excluding hydrogens is 300 g/mol. The summed E-state index contributed by atoms with van der Waals surface area (Å²) in [7, 11) is 0. The molecule has 0 radical (unpaired) electrons. The number of rotatable bonds is 5. The van der Waals surface area contributed by atoms with Crippen molar-refractivity contribution in [2.24, 2.45) is 0 Å². The summed E-state index contributed by atoms with van der Waals surface area (Å²) in [5.41, 5.74) is 1.03. The third-order valence-corrected chi connectivity index (χ3v) is 5.90. The van der Waals surface area contributed by atoms with Gasteiger partial charge in [-0.25, -0.2) is 8.69 Å². The molecule has 2 nitrogen and oxygen atoms in total. The number of benzene rings is 1. The van der Waals surface area contributed by atoms with Gasteiger partial charge in [0.05, 0.1) is 10.2 Å². The summed E-state index contributed by atoms with van der Waals surface area (Å²) in [5.74, 6) is 2.02. The Morgan fingerprint density at radius 3 is 2.56 bits per heavy atom. The molecule has 0 amide bonds. The monoisotopic (exact) mass is 314 g/mol. The summed E-state index contributed by atoms with van der Waals surface area (Å²) < 4.78 is 3.30. The molecule has 0 aliphatic rings. The largest absolute Gasteiger partial charge is 0.245 e. The highest BCUT2D eigenvalue weighted by Crippen LogP contribution is 2.29. The molecule has 0 atom stereocenters. The first kappa shape index (κ1) is 14.1. The number of hydrogen-bond acceptors (Lipinski definition) is 5. The van der Waals surface area contributed by atoms with E-state index in [0.29, 0.717) is 0 Å². The van der Waals surface area contributed by atoms with Crippen LogP contribution in [0.25, 0.3) is 10.2 Å². The summed E-state index contributed by atoms with van der Waals surface area (Å²) in [6.45, 7) is 4.27. The maximum Gasteiger partial charge on any atom is 0.158 e. The van der Waals surface area contributed by atoms with E-state index < -0.39 is 0 Å². The van der Waals surface area contributed by atoms with Gasteiger partial charge in [0.1, 0.15) is 0 Å². The third kappa shape index (κ3) is 3.17. The van der Waals surface area contributed by atoms with Crippen LogP contribution >= 0.6 is 47.5 Å². The van der Waals surface area contributed by atoms with E-state index in [-0.39, 0.29) is 0 Å². The molecule has 0 bridgehead atoms. The summed E-state index contributed by atoms with van der Waals surface area (Å²) in [6, 6.07) is 8.16. The second-order valence-corrected chi connectivity index (χ2v) is 7.43. The van der Waals surface area contributed by atoms with Gasteiger partial charge in [-0.3, -0.25) is 0 Å². The van der Waals surface area contributed by atoms with Crippen molar-refractivity contribution in [1.82, 2.24) is 8.69 Å². The predicted molar refractivity (Wildman–Crippen MR) is 89.4 cm³/mol. The predicted octanol–water partition coefficient (Wildman–Crippen LogP) is 4.61. The lowest BCUT2D eigenvalue weighted by Crippen LogP contribution is -2.16. The van der Waals surface area contributed by atoms with Crippen molar-refractivity contribution >= 4 is 62.7 Å². The first-order valence-corrected chi connectivity index (χ1v) is 8.83. The summed E-state index contributed by atoms with van der Waals surface area (Å²) in [6.07, 6.45) is 0. The number of para-hydroxylation sites is 1. The molecule has 6 heteroatoms. The van der Waals surface area contributed by atoms with Crippen LogP contribution in [0.1, 0.15) is 18.9 Å². The highest BCUT2D eigenvalue weighted by atomic mass is 32.2. The molecule has 96 valence electrons. The molecule has 1 aromatic carbocycles. The smallest absolute Gasteiger partial charge is 0.158 e. The average Bonchev–Trinajstić information content (AvgIpc) is 2.81. The van der Waals surface area contributed by atoms with Crippen LogP contribution in [-0.2, 0) is 0 Å². The lowest BCUT2D eigenvalue weighted by Gasteiger charge is -2.19. The Morgan fingerprint density at radius 1 is 1.28 bits per heavy atom. The molecule has 2 aromatic rings. The van der Waals surface area contributed by atoms with E-state index in [0.717, 1.165) is 27.0 Å². The van der Waals surface area contributed by atoms with Crippen molar-refractivity contribution in [3.05, 3.63) is 29.3 Å². The first-order valence-electron chi connectivity index (χ1n) is 5.72. The SMILES string of the molecule is CCSN(SCC)C(=S)c1nc2ccccc2s1. The van der Waals surface area contributed by atoms with Crippen LogP contribution in [0.3, 0.4) is 0 Å². The molecule has 0 saturated carbocycles. The third-order valence-electron chi connectivity index (χ3n) is 2.14. The van der Waals surface area contributed by atoms with Crippen molar-refractivity contribution in [3.8, 4) is 0 Å². The Balaban J connectivity index is 2.25. The van der Waals surface area contributed by atoms with E-state index in [1.165, 1.54) is 4.70 Å². The Bertz CT molecular complexity index is 499. The molecule has 2 rings (SSSR count). The van der Waals surface area contributed by atoms with E-state index in [9.17, 15) is 0 Å². The second kappa shape index (κ2) is 6.75. The Morgan fingerprint density at radius 2 is 1.94 bits per heavy atom. The van der Waals surface area contributed by atoms with Gasteiger partial charge in [-0.05, 0) is 36.0 Å². The van der Waals surface area contributed by atoms with Crippen LogP contribution in [0, 0.1) is 0 Å². The number of aromatic nitrogens is 1. The minimum absolute atomic E-state index is 0.829. The van der Waals surface area contributed by atoms with Gasteiger partial charge in [0.2, 0.25) is 0 Å². The van der Waals surface area contributed by atoms with Crippen molar-refractivity contribution in [2.75, 3.05) is 11.5 Å². The molecule has 0 spiro atoms. The molecule has 0 N–H and O–H groups in total. The van der Waals surface area contributed by atoms with Gasteiger partial charge in [0, 0.05) is 11.5 Å². The lowest BCUT2D eigenvalue weighted by atomic mass is 10.3. The van der Waals surface area contributed by atoms with E-state index in [1.807, 2.05) is 18.2 Å². The van der Waals surface area contributed by atoms with Gasteiger partial charge >= 0.3 is 0 Å². The second-order valence-electron chi connectivity index (χ2n) is 3.38. The zero-order chi connectivity index (χ0) is 13.0. The highest BCUT2D eigenvalue weighted by Gasteiger charge is 2.16. The quantitative estimate of drug-likeness (QED) is 0.590. The topological polar surface area (TPSA) is 16.1 Å². The average molecular weight is 315 g/mol. The molecule has 18 heavy (non-hydrogen) atoms. The van der Waals surface area contributed by atoms with Crippen molar-refractivity contribution < 1.29 is 0 Å². The van der Waals surface area contributed by atoms with Gasteiger partial charge in [0.15, 0.2) is 10.00 Å². The first-order chi connectivity index (χ1) is 8.76. The zero-order valence-corrected chi connectivity index (χ0v) is 13.5. The van der Waals surface area contributed by atoms with Gasteiger partial charge in [-0.15, -0.1) is 11.3 Å². The fourth-order valence-electron chi connectivity index (χ4n) is 1.43. The zero-order valence-electron chi connectivity index (χ0n) is 10.3. The van der Waals surface area contributed by atoms with Gasteiger partial charge in [-0.1, -0.05) is 38.2 Å². The van der Waals surface area contributed by atoms with E-state index >= 15 is 0 Å². The molecule has 0 unspecified atom stereocenters. The normalized spacial score (nSPS) is 10.8. The maximum atomic E-state index is 5.55. The standard InChI is InChI=1S/C12H14N2S4/c1-3-16-14(17-4-2)12(15)11-13-9-7-5-6-8-10(9)18-11/h5-8H,3-4H2,1-2H3. The van der Waals surface area contributed by atoms with Crippen LogP contribution in [0.15, 0.2) is 24.3 Å². The van der Waals surface area contributed by atoms with Gasteiger partial charge in [0.25, 0.3) is 0 Å². The number of fused-ring (bicyclic) bond motifs is 1. The van der Waals surface area contributed by atoms with Gasteiger partial charge in [-0.2, -0.15) is 0 Å². The fraction of sp³-hybridized carbons (Fsp3) is 0.333. The van der Waals surface area contributed by atoms with E-state index in [1.54, 1.807) is 35.2 Å². The highest BCUT2D eigenvalue weighted by molar-refractivity contribution is 8.13. The summed E-state index contributed by atoms with van der Waals surface area (Å²) >= 11 is 10.7. The molecule has 0 aliphatic heterocycles. The number of hydrogen-bond donors (Lipinski definition) is 0. The number of thiazole rings is 1. The molecule has 0 aliphatic carbocycles. The fourth-order valence-corrected chi connectivity index (χ4v) is 4.74. The van der Waals surface area contributed by atoms with Crippen LogP contribution < -0.4 is 0 Å².